The lowest BCUT2D eigenvalue weighted by molar-refractivity contribution is 1.69. The topological polar surface area (TPSA) is 0 Å². The molecule has 0 fully saturated rings. The van der Waals surface area contributed by atoms with Crippen molar-refractivity contribution in [2.75, 3.05) is 0 Å². The minimum Gasteiger partial charge on any atom is -0.151 e. The fourth-order valence-electron chi connectivity index (χ4n) is 4.06. The second kappa shape index (κ2) is 3.26. The van der Waals surface area contributed by atoms with Gasteiger partial charge in [-0.05, 0) is 54.9 Å². The molecule has 0 spiro atoms. The van der Waals surface area contributed by atoms with Gasteiger partial charge in [0.15, 0.2) is 0 Å². The van der Waals surface area contributed by atoms with Crippen molar-refractivity contribution in [2.45, 2.75) is 0 Å². The van der Waals surface area contributed by atoms with Gasteiger partial charge in [0.05, 0.1) is 0 Å². The molecule has 96 valence electrons. The average molecular weight is 282 g/mol. The summed E-state index contributed by atoms with van der Waals surface area (Å²) < 4.78 is 0. The van der Waals surface area contributed by atoms with Crippen LogP contribution in [0.25, 0.3) is 55.3 Å². The van der Waals surface area contributed by atoms with E-state index in [1.54, 1.807) is 11.3 Å². The first-order chi connectivity index (χ1) is 10.4. The molecule has 2 aliphatic carbocycles. The number of fused-ring (bicyclic) bond motifs is 6. The molecule has 0 nitrogen and oxygen atoms in total. The van der Waals surface area contributed by atoms with E-state index in [2.05, 4.69) is 59.3 Å². The largest absolute Gasteiger partial charge is 0.151 e. The zero-order valence-electron chi connectivity index (χ0n) is 11.2. The summed E-state index contributed by atoms with van der Waals surface area (Å²) in [6, 6.07) is 18.0. The van der Waals surface area contributed by atoms with Gasteiger partial charge in [-0.1, -0.05) is 48.5 Å². The van der Waals surface area contributed by atoms with Crippen LogP contribution in [0.5, 0.6) is 0 Å². The second-order valence-corrected chi connectivity index (χ2v) is 6.56. The van der Waals surface area contributed by atoms with Crippen LogP contribution in [0.2, 0.25) is 0 Å². The number of thiophene rings is 1. The molecular formula is C20H10S. The van der Waals surface area contributed by atoms with Crippen LogP contribution >= 0.6 is 11.3 Å². The van der Waals surface area contributed by atoms with Gasteiger partial charge in [0.2, 0.25) is 0 Å². The molecule has 1 aromatic heterocycles. The highest BCUT2D eigenvalue weighted by Gasteiger charge is 2.28. The third kappa shape index (κ3) is 1.03. The predicted octanol–water partition coefficient (Wildman–Crippen LogP) is 6.20. The molecule has 0 bridgehead atoms. The Bertz CT molecular complexity index is 1000. The van der Waals surface area contributed by atoms with Crippen LogP contribution < -0.4 is 0 Å². The zero-order valence-corrected chi connectivity index (χ0v) is 12.0. The highest BCUT2D eigenvalue weighted by atomic mass is 32.1. The molecule has 4 aromatic rings. The SMILES string of the molecule is c1ccc2c(c1)-c1ccc3c4c(ccc-2c14)-c1cscc1-3. The summed E-state index contributed by atoms with van der Waals surface area (Å²) >= 11 is 1.80. The monoisotopic (exact) mass is 282 g/mol. The second-order valence-electron chi connectivity index (χ2n) is 5.82. The van der Waals surface area contributed by atoms with Crippen molar-refractivity contribution < 1.29 is 0 Å². The minimum atomic E-state index is 1.38. The van der Waals surface area contributed by atoms with Gasteiger partial charge >= 0.3 is 0 Å². The first-order valence-corrected chi connectivity index (χ1v) is 8.14. The Morgan fingerprint density at radius 2 is 0.857 bits per heavy atom. The van der Waals surface area contributed by atoms with Crippen LogP contribution in [0.4, 0.5) is 0 Å². The van der Waals surface area contributed by atoms with E-state index in [4.69, 9.17) is 0 Å². The van der Waals surface area contributed by atoms with E-state index in [-0.39, 0.29) is 0 Å². The Hall–Kier alpha value is -2.38. The Kier molecular flexibility index (Phi) is 1.61. The summed E-state index contributed by atoms with van der Waals surface area (Å²) in [6.07, 6.45) is 0. The molecule has 1 heterocycles. The van der Waals surface area contributed by atoms with E-state index in [0.717, 1.165) is 0 Å². The normalized spacial score (nSPS) is 12.8. The first kappa shape index (κ1) is 10.4. The van der Waals surface area contributed by atoms with Crippen LogP contribution in [0.3, 0.4) is 0 Å². The van der Waals surface area contributed by atoms with Crippen LogP contribution in [0.1, 0.15) is 0 Å². The van der Waals surface area contributed by atoms with Crippen LogP contribution in [0.15, 0.2) is 59.3 Å². The summed E-state index contributed by atoms with van der Waals surface area (Å²) in [5.41, 5.74) is 11.2. The van der Waals surface area contributed by atoms with Crippen molar-refractivity contribution in [1.82, 2.24) is 0 Å². The molecule has 1 heteroatoms. The van der Waals surface area contributed by atoms with Crippen LogP contribution in [0, 0.1) is 0 Å². The molecule has 0 N–H and O–H groups in total. The Balaban J connectivity index is 1.90. The van der Waals surface area contributed by atoms with E-state index >= 15 is 0 Å². The van der Waals surface area contributed by atoms with Crippen molar-refractivity contribution in [3.05, 3.63) is 59.3 Å². The highest BCUT2D eigenvalue weighted by molar-refractivity contribution is 7.09. The van der Waals surface area contributed by atoms with Gasteiger partial charge in [0.1, 0.15) is 0 Å². The van der Waals surface area contributed by atoms with Crippen molar-refractivity contribution in [1.29, 1.82) is 0 Å². The fourth-order valence-corrected chi connectivity index (χ4v) is 4.91. The number of hydrogen-bond donors (Lipinski definition) is 0. The van der Waals surface area contributed by atoms with Crippen molar-refractivity contribution in [3.63, 3.8) is 0 Å². The summed E-state index contributed by atoms with van der Waals surface area (Å²) in [5, 5.41) is 7.48. The third-order valence-corrected chi connectivity index (χ3v) is 5.65. The van der Waals surface area contributed by atoms with Gasteiger partial charge in [-0.2, -0.15) is 11.3 Å². The summed E-state index contributed by atoms with van der Waals surface area (Å²) in [4.78, 5) is 0. The number of benzene rings is 3. The molecule has 0 saturated heterocycles. The van der Waals surface area contributed by atoms with Crippen molar-refractivity contribution in [2.24, 2.45) is 0 Å². The van der Waals surface area contributed by atoms with Crippen LogP contribution in [-0.2, 0) is 0 Å². The lowest BCUT2D eigenvalue weighted by Crippen LogP contribution is -1.78. The first-order valence-electron chi connectivity index (χ1n) is 7.20. The Morgan fingerprint density at radius 3 is 1.33 bits per heavy atom. The summed E-state index contributed by atoms with van der Waals surface area (Å²) in [5.74, 6) is 0. The average Bonchev–Trinajstić information content (AvgIpc) is 3.18. The van der Waals surface area contributed by atoms with E-state index < -0.39 is 0 Å². The highest BCUT2D eigenvalue weighted by Crippen LogP contribution is 2.56. The van der Waals surface area contributed by atoms with Gasteiger partial charge < -0.3 is 0 Å². The quantitative estimate of drug-likeness (QED) is 0.311. The molecule has 0 radical (unpaired) electrons. The van der Waals surface area contributed by atoms with Crippen molar-refractivity contribution in [3.8, 4) is 44.5 Å². The molecule has 0 saturated carbocycles. The van der Waals surface area contributed by atoms with E-state index in [0.29, 0.717) is 0 Å². The molecule has 21 heavy (non-hydrogen) atoms. The zero-order chi connectivity index (χ0) is 13.6. The lowest BCUT2D eigenvalue weighted by atomic mass is 9.97. The standard InChI is InChI=1S/C20H10S/c1-2-4-12-11(3-1)13-5-7-15-17-9-21-10-18(17)16-8-6-14(12)19(13)20(15)16/h1-10H. The Morgan fingerprint density at radius 1 is 0.429 bits per heavy atom. The van der Waals surface area contributed by atoms with Crippen molar-refractivity contribution >= 4 is 22.1 Å². The predicted molar refractivity (Wildman–Crippen MR) is 90.7 cm³/mol. The number of rotatable bonds is 0. The van der Waals surface area contributed by atoms with E-state index in [9.17, 15) is 0 Å². The maximum Gasteiger partial charge on any atom is 0.000854 e. The molecular weight excluding hydrogens is 272 g/mol. The van der Waals surface area contributed by atoms with Gasteiger partial charge in [-0.15, -0.1) is 0 Å². The summed E-state index contributed by atoms with van der Waals surface area (Å²) in [6.45, 7) is 0. The molecule has 0 amide bonds. The molecule has 0 unspecified atom stereocenters. The molecule has 0 atom stereocenters. The molecule has 0 aliphatic heterocycles. The van der Waals surface area contributed by atoms with Crippen LogP contribution in [-0.4, -0.2) is 0 Å². The fraction of sp³-hybridized carbons (Fsp3) is 0. The van der Waals surface area contributed by atoms with Gasteiger partial charge in [0, 0.05) is 11.1 Å². The van der Waals surface area contributed by atoms with Gasteiger partial charge in [-0.25, -0.2) is 0 Å². The third-order valence-electron chi connectivity index (χ3n) is 4.91. The minimum absolute atomic E-state index is 1.38. The van der Waals surface area contributed by atoms with Gasteiger partial charge in [0.25, 0.3) is 0 Å². The maximum atomic E-state index is 2.31. The molecule has 6 rings (SSSR count). The smallest absolute Gasteiger partial charge is 0.000854 e. The van der Waals surface area contributed by atoms with E-state index in [1.807, 2.05) is 0 Å². The number of hydrogen-bond acceptors (Lipinski definition) is 1. The molecule has 3 aromatic carbocycles. The van der Waals surface area contributed by atoms with Gasteiger partial charge in [-0.3, -0.25) is 0 Å². The maximum absolute atomic E-state index is 2.31. The Labute approximate surface area is 126 Å². The molecule has 2 aliphatic rings. The van der Waals surface area contributed by atoms with E-state index in [1.165, 1.54) is 55.3 Å². The lowest BCUT2D eigenvalue weighted by Gasteiger charge is -2.06. The summed E-state index contributed by atoms with van der Waals surface area (Å²) in [7, 11) is 0.